The highest BCUT2D eigenvalue weighted by Crippen LogP contribution is 2.28. The molecule has 3 aromatic rings. The summed E-state index contributed by atoms with van der Waals surface area (Å²) in [4.78, 5) is 37.8. The number of fused-ring (bicyclic) bond motifs is 1. The molecule has 0 saturated carbocycles. The highest BCUT2D eigenvalue weighted by atomic mass is 35.5. The van der Waals surface area contributed by atoms with Gasteiger partial charge < -0.3 is 29.7 Å². The molecule has 1 saturated heterocycles. The van der Waals surface area contributed by atoms with Gasteiger partial charge in [0.25, 0.3) is 11.5 Å². The Balaban J connectivity index is 1.63. The summed E-state index contributed by atoms with van der Waals surface area (Å²) in [5.74, 6) is 0.940. The number of anilines is 3. The number of rotatable bonds is 7. The van der Waals surface area contributed by atoms with Gasteiger partial charge in [0, 0.05) is 50.8 Å². The van der Waals surface area contributed by atoms with Gasteiger partial charge in [-0.25, -0.2) is 4.98 Å². The van der Waals surface area contributed by atoms with E-state index in [2.05, 4.69) is 37.4 Å². The van der Waals surface area contributed by atoms with Gasteiger partial charge in [-0.05, 0) is 38.2 Å². The third-order valence-electron chi connectivity index (χ3n) is 5.79. The lowest BCUT2D eigenvalue weighted by atomic mass is 10.1. The molecule has 10 nitrogen and oxygen atoms in total. The minimum Gasteiger partial charge on any atom is -0.478 e. The quantitative estimate of drug-likeness (QED) is 0.524. The smallest absolute Gasteiger partial charge is 0.293 e. The molecule has 0 bridgehead atoms. The van der Waals surface area contributed by atoms with Crippen LogP contribution < -0.4 is 25.8 Å². The lowest BCUT2D eigenvalue weighted by Gasteiger charge is -2.32. The van der Waals surface area contributed by atoms with Crippen molar-refractivity contribution >= 4 is 45.9 Å². The van der Waals surface area contributed by atoms with Crippen LogP contribution in [0.2, 0.25) is 5.02 Å². The van der Waals surface area contributed by atoms with Crippen LogP contribution in [0.15, 0.2) is 35.3 Å². The van der Waals surface area contributed by atoms with E-state index in [9.17, 15) is 9.59 Å². The fourth-order valence-corrected chi connectivity index (χ4v) is 3.95. The Morgan fingerprint density at radius 1 is 1.21 bits per heavy atom. The number of nitrogens with one attached hydrogen (secondary N) is 2. The van der Waals surface area contributed by atoms with Crippen molar-refractivity contribution in [3.8, 4) is 5.75 Å². The molecule has 2 aromatic heterocycles. The second-order valence-electron chi connectivity index (χ2n) is 8.08. The fraction of sp³-hybridized carbons (Fsp3) is 0.391. The average molecular weight is 486 g/mol. The number of hydrogen-bond acceptors (Lipinski definition) is 8. The Kier molecular flexibility index (Phi) is 7.18. The van der Waals surface area contributed by atoms with E-state index in [0.717, 1.165) is 42.8 Å². The van der Waals surface area contributed by atoms with E-state index in [-0.39, 0.29) is 23.8 Å². The van der Waals surface area contributed by atoms with Crippen molar-refractivity contribution < 1.29 is 9.53 Å². The van der Waals surface area contributed by atoms with Gasteiger partial charge in [-0.15, -0.1) is 0 Å². The fourth-order valence-electron chi connectivity index (χ4n) is 3.81. The maximum Gasteiger partial charge on any atom is 0.293 e. The second-order valence-corrected chi connectivity index (χ2v) is 8.48. The number of ether oxygens (including phenoxy) is 1. The Bertz CT molecular complexity index is 1260. The lowest BCUT2D eigenvalue weighted by Crippen LogP contribution is -2.45. The van der Waals surface area contributed by atoms with Gasteiger partial charge in [0.2, 0.25) is 5.95 Å². The zero-order valence-electron chi connectivity index (χ0n) is 19.5. The van der Waals surface area contributed by atoms with E-state index in [1.807, 2.05) is 25.1 Å². The highest BCUT2D eigenvalue weighted by Gasteiger charge is 2.18. The van der Waals surface area contributed by atoms with Gasteiger partial charge >= 0.3 is 0 Å². The van der Waals surface area contributed by atoms with Crippen molar-refractivity contribution in [2.75, 3.05) is 57.1 Å². The van der Waals surface area contributed by atoms with Crippen LogP contribution in [0.5, 0.6) is 5.75 Å². The van der Waals surface area contributed by atoms with Gasteiger partial charge in [0.15, 0.2) is 18.2 Å². The molecule has 0 radical (unpaired) electrons. The number of amides is 1. The van der Waals surface area contributed by atoms with Crippen molar-refractivity contribution in [2.45, 2.75) is 13.5 Å². The molecule has 1 aliphatic heterocycles. The van der Waals surface area contributed by atoms with Gasteiger partial charge in [-0.3, -0.25) is 9.59 Å². The molecule has 4 rings (SSSR count). The Hall–Kier alpha value is -3.37. The number of likely N-dealkylation sites (N-methyl/N-ethyl adjacent to an activating group) is 2. The van der Waals surface area contributed by atoms with E-state index in [0.29, 0.717) is 23.3 Å². The number of nitrogens with zero attached hydrogens (tertiary/aromatic N) is 5. The molecule has 1 fully saturated rings. The molecular formula is C23H28ClN7O3. The topological polar surface area (TPSA) is 105 Å². The third-order valence-corrected chi connectivity index (χ3v) is 6.07. The summed E-state index contributed by atoms with van der Waals surface area (Å²) in [6.07, 6.45) is 1.60. The van der Waals surface area contributed by atoms with Crippen LogP contribution in [-0.2, 0) is 11.3 Å². The Morgan fingerprint density at radius 2 is 1.97 bits per heavy atom. The first kappa shape index (κ1) is 23.8. The van der Waals surface area contributed by atoms with Crippen molar-refractivity contribution in [1.82, 2.24) is 24.8 Å². The molecule has 0 unspecified atom stereocenters. The maximum atomic E-state index is 12.8. The molecular weight excluding hydrogens is 458 g/mol. The normalized spacial score (nSPS) is 14.3. The Labute approximate surface area is 202 Å². The minimum absolute atomic E-state index is 0.118. The van der Waals surface area contributed by atoms with Crippen LogP contribution in [0.4, 0.5) is 17.5 Å². The number of benzene rings is 1. The first-order valence-corrected chi connectivity index (χ1v) is 11.5. The van der Waals surface area contributed by atoms with Crippen molar-refractivity contribution in [3.05, 3.63) is 45.8 Å². The largest absolute Gasteiger partial charge is 0.478 e. The van der Waals surface area contributed by atoms with Crippen LogP contribution >= 0.6 is 11.6 Å². The first-order chi connectivity index (χ1) is 16.4. The number of carbonyl (C=O) groups excluding carboxylic acids is 1. The lowest BCUT2D eigenvalue weighted by molar-refractivity contribution is -0.122. The standard InChI is InChI=1S/C23H28ClN7O3/c1-4-31-18-6-5-16(11-15(18)12-19(22(31)33)34-14-20(32)25-2)27-21-17(24)13-26-23(28-21)30-9-7-29(3)8-10-30/h5-6,11-13H,4,7-10,14H2,1-3H3,(H,25,32)(H,26,27,28). The van der Waals surface area contributed by atoms with Crippen LogP contribution in [0.25, 0.3) is 10.9 Å². The van der Waals surface area contributed by atoms with Gasteiger partial charge in [0.05, 0.1) is 11.7 Å². The zero-order valence-corrected chi connectivity index (χ0v) is 20.2. The van der Waals surface area contributed by atoms with Crippen LogP contribution in [0.3, 0.4) is 0 Å². The van der Waals surface area contributed by atoms with Crippen molar-refractivity contribution in [3.63, 3.8) is 0 Å². The van der Waals surface area contributed by atoms with Crippen molar-refractivity contribution in [1.29, 1.82) is 0 Å². The molecule has 11 heteroatoms. The predicted octanol–water partition coefficient (Wildman–Crippen LogP) is 2.08. The number of aryl methyl sites for hydroxylation is 1. The van der Waals surface area contributed by atoms with E-state index < -0.39 is 0 Å². The summed E-state index contributed by atoms with van der Waals surface area (Å²) in [5, 5.41) is 6.94. The molecule has 34 heavy (non-hydrogen) atoms. The summed E-state index contributed by atoms with van der Waals surface area (Å²) in [7, 11) is 3.61. The van der Waals surface area contributed by atoms with Crippen LogP contribution in [0.1, 0.15) is 6.92 Å². The van der Waals surface area contributed by atoms with Gasteiger partial charge in [-0.1, -0.05) is 11.6 Å². The third kappa shape index (κ3) is 5.07. The molecule has 2 N–H and O–H groups in total. The monoisotopic (exact) mass is 485 g/mol. The molecule has 1 aliphatic rings. The number of hydrogen-bond donors (Lipinski definition) is 2. The number of halogens is 1. The summed E-state index contributed by atoms with van der Waals surface area (Å²) in [5.41, 5.74) is 1.23. The number of pyridine rings is 1. The molecule has 0 spiro atoms. The predicted molar refractivity (Wildman–Crippen MR) is 133 cm³/mol. The maximum absolute atomic E-state index is 12.8. The molecule has 1 amide bonds. The molecule has 0 atom stereocenters. The first-order valence-electron chi connectivity index (χ1n) is 11.1. The van der Waals surface area contributed by atoms with E-state index in [4.69, 9.17) is 16.3 Å². The average Bonchev–Trinajstić information content (AvgIpc) is 2.84. The Morgan fingerprint density at radius 3 is 2.68 bits per heavy atom. The van der Waals surface area contributed by atoms with Gasteiger partial charge in [-0.2, -0.15) is 4.98 Å². The molecule has 0 aliphatic carbocycles. The zero-order chi connectivity index (χ0) is 24.2. The van der Waals surface area contributed by atoms with Crippen LogP contribution in [-0.4, -0.2) is 72.2 Å². The summed E-state index contributed by atoms with van der Waals surface area (Å²) in [6.45, 7) is 5.71. The minimum atomic E-state index is -0.312. The van der Waals surface area contributed by atoms with E-state index >= 15 is 0 Å². The van der Waals surface area contributed by atoms with Crippen LogP contribution in [0, 0.1) is 0 Å². The summed E-state index contributed by atoms with van der Waals surface area (Å²) >= 11 is 6.39. The van der Waals surface area contributed by atoms with Gasteiger partial charge in [0.1, 0.15) is 5.02 Å². The number of carbonyl (C=O) groups is 1. The van der Waals surface area contributed by atoms with E-state index in [1.54, 1.807) is 16.8 Å². The summed E-state index contributed by atoms with van der Waals surface area (Å²) in [6, 6.07) is 7.27. The molecule has 1 aromatic carbocycles. The van der Waals surface area contributed by atoms with Crippen molar-refractivity contribution in [2.24, 2.45) is 0 Å². The highest BCUT2D eigenvalue weighted by molar-refractivity contribution is 6.32. The molecule has 3 heterocycles. The molecule has 180 valence electrons. The van der Waals surface area contributed by atoms with E-state index in [1.165, 1.54) is 7.05 Å². The second kappa shape index (κ2) is 10.3. The number of aromatic nitrogens is 3. The SMILES string of the molecule is CCn1c(=O)c(OCC(=O)NC)cc2cc(Nc3nc(N4CCN(C)CC4)ncc3Cl)ccc21. The summed E-state index contributed by atoms with van der Waals surface area (Å²) < 4.78 is 7.10. The number of piperazine rings is 1.